The average Bonchev–Trinajstić information content (AvgIpc) is 2.29. The summed E-state index contributed by atoms with van der Waals surface area (Å²) in [6, 6.07) is -1.36. The molecule has 0 aromatic heterocycles. The second-order valence-corrected chi connectivity index (χ2v) is 3.43. The molecular weight excluding hydrogens is 243 g/mol. The van der Waals surface area contributed by atoms with Crippen molar-refractivity contribution in [1.29, 1.82) is 0 Å². The first-order valence-electron chi connectivity index (χ1n) is 4.45. The van der Waals surface area contributed by atoms with Crippen LogP contribution in [-0.4, -0.2) is 0 Å². The van der Waals surface area contributed by atoms with Crippen LogP contribution < -0.4 is 11.3 Å². The Balaban J connectivity index is 3.58. The van der Waals surface area contributed by atoms with Crippen molar-refractivity contribution in [3.63, 3.8) is 0 Å². The van der Waals surface area contributed by atoms with Gasteiger partial charge in [0.05, 0.1) is 11.6 Å². The number of halogens is 5. The van der Waals surface area contributed by atoms with Crippen LogP contribution in [0.4, 0.5) is 22.0 Å². The van der Waals surface area contributed by atoms with Crippen LogP contribution in [0.3, 0.4) is 0 Å². The molecule has 0 aliphatic rings. The maximum Gasteiger partial charge on any atom is 0.200 e. The summed E-state index contributed by atoms with van der Waals surface area (Å²) in [6.07, 6.45) is 0. The van der Waals surface area contributed by atoms with Gasteiger partial charge in [0, 0.05) is 0 Å². The molecule has 2 nitrogen and oxygen atoms in total. The summed E-state index contributed by atoms with van der Waals surface area (Å²) < 4.78 is 65.3. The second kappa shape index (κ2) is 4.80. The first-order valence-corrected chi connectivity index (χ1v) is 4.45. The Morgan fingerprint density at radius 3 is 1.65 bits per heavy atom. The number of hydrogen-bond acceptors (Lipinski definition) is 2. The fourth-order valence-electron chi connectivity index (χ4n) is 1.35. The third kappa shape index (κ3) is 2.16. The fourth-order valence-corrected chi connectivity index (χ4v) is 1.35. The molecule has 0 amide bonds. The predicted octanol–water partition coefficient (Wildman–Crippen LogP) is 2.46. The van der Waals surface area contributed by atoms with Gasteiger partial charge < -0.3 is 0 Å². The first-order chi connectivity index (χ1) is 7.82. The van der Waals surface area contributed by atoms with Crippen molar-refractivity contribution >= 4 is 0 Å². The van der Waals surface area contributed by atoms with E-state index >= 15 is 0 Å². The van der Waals surface area contributed by atoms with Gasteiger partial charge >= 0.3 is 0 Å². The molecule has 1 aromatic rings. The molecule has 0 saturated carbocycles. The minimum absolute atomic E-state index is 0.107. The molecule has 0 saturated heterocycles. The summed E-state index contributed by atoms with van der Waals surface area (Å²) in [5, 5.41) is 0. The molecule has 0 spiro atoms. The molecule has 0 aliphatic heterocycles. The minimum Gasteiger partial charge on any atom is -0.271 e. The Kier molecular flexibility index (Phi) is 3.84. The smallest absolute Gasteiger partial charge is 0.200 e. The lowest BCUT2D eigenvalue weighted by Gasteiger charge is -2.18. The van der Waals surface area contributed by atoms with E-state index < -0.39 is 40.7 Å². The quantitative estimate of drug-likeness (QED) is 0.216. The maximum atomic E-state index is 13.3. The van der Waals surface area contributed by atoms with Gasteiger partial charge in [0.2, 0.25) is 5.82 Å². The summed E-state index contributed by atoms with van der Waals surface area (Å²) in [5.41, 5.74) is 1.00. The monoisotopic (exact) mass is 252 g/mol. The summed E-state index contributed by atoms with van der Waals surface area (Å²) in [5.74, 6) is -5.08. The number of hydrogen-bond donors (Lipinski definition) is 2. The molecule has 1 aromatic carbocycles. The summed E-state index contributed by atoms with van der Waals surface area (Å²) >= 11 is 0. The molecule has 3 N–H and O–H groups in total. The second-order valence-electron chi connectivity index (χ2n) is 3.43. The van der Waals surface area contributed by atoms with Crippen LogP contribution in [0.1, 0.15) is 18.5 Å². The largest absolute Gasteiger partial charge is 0.271 e. The van der Waals surface area contributed by atoms with E-state index in [1.165, 1.54) is 6.92 Å². The summed E-state index contributed by atoms with van der Waals surface area (Å²) in [4.78, 5) is 0. The van der Waals surface area contributed by atoms with Crippen LogP contribution in [0.5, 0.6) is 0 Å². The van der Waals surface area contributed by atoms with Crippen molar-refractivity contribution in [1.82, 2.24) is 5.43 Å². The Hall–Kier alpha value is -1.47. The predicted molar refractivity (Wildman–Crippen MR) is 51.1 cm³/mol. The zero-order valence-electron chi connectivity index (χ0n) is 8.75. The van der Waals surface area contributed by atoms with Gasteiger partial charge in [-0.05, 0) is 6.92 Å². The lowest BCUT2D eigenvalue weighted by molar-refractivity contribution is 0.362. The summed E-state index contributed by atoms with van der Waals surface area (Å²) in [7, 11) is 0. The van der Waals surface area contributed by atoms with Crippen molar-refractivity contribution < 1.29 is 22.0 Å². The zero-order valence-corrected chi connectivity index (χ0v) is 8.75. The van der Waals surface area contributed by atoms with Crippen molar-refractivity contribution in [2.75, 3.05) is 0 Å². The molecule has 7 heteroatoms. The molecule has 94 valence electrons. The highest BCUT2D eigenvalue weighted by molar-refractivity contribution is 5.31. The maximum absolute atomic E-state index is 13.3. The van der Waals surface area contributed by atoms with Crippen molar-refractivity contribution in [2.45, 2.75) is 13.0 Å². The Morgan fingerprint density at radius 1 is 1.00 bits per heavy atom. The molecule has 17 heavy (non-hydrogen) atoms. The van der Waals surface area contributed by atoms with Gasteiger partial charge in [-0.15, -0.1) is 0 Å². The molecule has 0 bridgehead atoms. The molecule has 1 rings (SSSR count). The highest BCUT2D eigenvalue weighted by Crippen LogP contribution is 2.30. The van der Waals surface area contributed by atoms with E-state index in [2.05, 4.69) is 6.58 Å². The van der Waals surface area contributed by atoms with Crippen molar-refractivity contribution in [3.8, 4) is 0 Å². The molecule has 1 unspecified atom stereocenters. The molecule has 1 atom stereocenters. The van der Waals surface area contributed by atoms with E-state index in [-0.39, 0.29) is 5.57 Å². The van der Waals surface area contributed by atoms with Crippen molar-refractivity contribution in [3.05, 3.63) is 46.8 Å². The topological polar surface area (TPSA) is 38.0 Å². The average molecular weight is 252 g/mol. The first kappa shape index (κ1) is 13.6. The van der Waals surface area contributed by atoms with E-state index in [1.807, 2.05) is 5.43 Å². The van der Waals surface area contributed by atoms with E-state index in [0.29, 0.717) is 0 Å². The van der Waals surface area contributed by atoms with Crippen LogP contribution >= 0.6 is 0 Å². The van der Waals surface area contributed by atoms with Crippen molar-refractivity contribution in [2.24, 2.45) is 5.84 Å². The lowest BCUT2D eigenvalue weighted by Crippen LogP contribution is -2.31. The standard InChI is InChI=1S/C10H9F5N2/c1-3(2)10(17-16)4-5(11)7(13)9(15)8(14)6(4)12/h10,17H,1,16H2,2H3. The van der Waals surface area contributed by atoms with Gasteiger partial charge in [-0.1, -0.05) is 12.2 Å². The molecule has 0 aliphatic carbocycles. The number of nitrogens with two attached hydrogens (primary N) is 1. The molecule has 0 heterocycles. The summed E-state index contributed by atoms with van der Waals surface area (Å²) in [6.45, 7) is 4.69. The van der Waals surface area contributed by atoms with Crippen LogP contribution in [0.15, 0.2) is 12.2 Å². The van der Waals surface area contributed by atoms with Gasteiger partial charge in [-0.2, -0.15) is 0 Å². The number of benzene rings is 1. The SMILES string of the molecule is C=C(C)C(NN)c1c(F)c(F)c(F)c(F)c1F. The minimum atomic E-state index is -2.21. The normalized spacial score (nSPS) is 12.6. The lowest BCUT2D eigenvalue weighted by atomic mass is 9.99. The van der Waals surface area contributed by atoms with E-state index in [9.17, 15) is 22.0 Å². The Bertz CT molecular complexity index is 443. The van der Waals surface area contributed by atoms with Gasteiger partial charge in [0.25, 0.3) is 0 Å². The van der Waals surface area contributed by atoms with Gasteiger partial charge in [0.15, 0.2) is 23.3 Å². The van der Waals surface area contributed by atoms with E-state index in [4.69, 9.17) is 5.84 Å². The molecular formula is C10H9F5N2. The number of nitrogens with one attached hydrogen (secondary N) is 1. The third-order valence-corrected chi connectivity index (χ3v) is 2.19. The molecule has 0 radical (unpaired) electrons. The van der Waals surface area contributed by atoms with Crippen LogP contribution in [-0.2, 0) is 0 Å². The zero-order chi connectivity index (χ0) is 13.3. The highest BCUT2D eigenvalue weighted by atomic mass is 19.2. The van der Waals surface area contributed by atoms with E-state index in [0.717, 1.165) is 0 Å². The highest BCUT2D eigenvalue weighted by Gasteiger charge is 2.30. The Morgan fingerprint density at radius 2 is 1.35 bits per heavy atom. The fraction of sp³-hybridized carbons (Fsp3) is 0.200. The molecule has 0 fully saturated rings. The third-order valence-electron chi connectivity index (χ3n) is 2.19. The van der Waals surface area contributed by atoms with Gasteiger partial charge in [-0.25, -0.2) is 27.4 Å². The van der Waals surface area contributed by atoms with Crippen LogP contribution in [0.25, 0.3) is 0 Å². The van der Waals surface area contributed by atoms with Crippen LogP contribution in [0, 0.1) is 29.1 Å². The Labute approximate surface area is 93.9 Å². The van der Waals surface area contributed by atoms with Gasteiger partial charge in [0.1, 0.15) is 0 Å². The number of hydrazine groups is 1. The van der Waals surface area contributed by atoms with E-state index in [1.54, 1.807) is 0 Å². The van der Waals surface area contributed by atoms with Crippen LogP contribution in [0.2, 0.25) is 0 Å². The number of rotatable bonds is 3. The van der Waals surface area contributed by atoms with Gasteiger partial charge in [-0.3, -0.25) is 5.84 Å².